The van der Waals surface area contributed by atoms with E-state index in [4.69, 9.17) is 21.1 Å². The molecule has 7 N–H and O–H groups in total. The van der Waals surface area contributed by atoms with Gasteiger partial charge in [0.05, 0.1) is 6.61 Å². The summed E-state index contributed by atoms with van der Waals surface area (Å²) in [5.74, 6) is -1.53. The number of aliphatic hydroxyl groups excluding tert-OH is 4. The zero-order valence-corrected chi connectivity index (χ0v) is 8.72. The lowest BCUT2D eigenvalue weighted by Crippen LogP contribution is -2.51. The molecule has 0 heterocycles. The average Bonchev–Trinajstić information content (AvgIpc) is 2.22. The third-order valence-corrected chi connectivity index (χ3v) is 1.85. The second-order valence-corrected chi connectivity index (χ2v) is 3.33. The van der Waals surface area contributed by atoms with Crippen molar-refractivity contribution < 1.29 is 35.1 Å². The molecule has 0 spiro atoms. The van der Waals surface area contributed by atoms with E-state index in [0.717, 1.165) is 0 Å². The Bertz CT molecular complexity index is 222. The summed E-state index contributed by atoms with van der Waals surface area (Å²) in [7, 11) is 0. The standard InChI is InChI=1S/C8H17NO7/c1-3(9)16-7(8(14)15)6(13)5(12)4(11)2-10/h3-7,10-13H,2,9H2,1H3,(H,14,15). The number of aliphatic hydroxyl groups is 4. The number of rotatable bonds is 7. The van der Waals surface area contributed by atoms with Gasteiger partial charge in [-0.15, -0.1) is 0 Å². The fraction of sp³-hybridized carbons (Fsp3) is 0.875. The van der Waals surface area contributed by atoms with Crippen LogP contribution in [-0.2, 0) is 9.53 Å². The quantitative estimate of drug-likeness (QED) is 0.254. The number of aliphatic carboxylic acids is 1. The van der Waals surface area contributed by atoms with E-state index < -0.39 is 43.2 Å². The molecule has 0 aromatic rings. The van der Waals surface area contributed by atoms with Crippen molar-refractivity contribution in [1.82, 2.24) is 0 Å². The van der Waals surface area contributed by atoms with Crippen LogP contribution in [0, 0.1) is 0 Å². The molecule has 0 aliphatic carbocycles. The summed E-state index contributed by atoms with van der Waals surface area (Å²) in [4.78, 5) is 10.7. The van der Waals surface area contributed by atoms with E-state index in [2.05, 4.69) is 4.74 Å². The molecule has 0 aromatic carbocycles. The zero-order chi connectivity index (χ0) is 12.9. The highest BCUT2D eigenvalue weighted by atomic mass is 16.5. The molecule has 16 heavy (non-hydrogen) atoms. The Morgan fingerprint density at radius 1 is 1.31 bits per heavy atom. The average molecular weight is 239 g/mol. The van der Waals surface area contributed by atoms with E-state index in [0.29, 0.717) is 0 Å². The van der Waals surface area contributed by atoms with E-state index in [1.807, 2.05) is 0 Å². The summed E-state index contributed by atoms with van der Waals surface area (Å²) < 4.78 is 4.66. The minimum atomic E-state index is -1.90. The maximum atomic E-state index is 10.7. The van der Waals surface area contributed by atoms with Crippen molar-refractivity contribution in [1.29, 1.82) is 0 Å². The number of nitrogens with two attached hydrogens (primary N) is 1. The van der Waals surface area contributed by atoms with Gasteiger partial charge in [-0.05, 0) is 6.92 Å². The van der Waals surface area contributed by atoms with Crippen molar-refractivity contribution in [3.8, 4) is 0 Å². The van der Waals surface area contributed by atoms with Gasteiger partial charge in [0.25, 0.3) is 0 Å². The number of carbonyl (C=O) groups is 1. The molecule has 8 heteroatoms. The maximum absolute atomic E-state index is 10.7. The summed E-state index contributed by atoms with van der Waals surface area (Å²) in [5, 5.41) is 44.9. The molecule has 8 nitrogen and oxygen atoms in total. The first-order chi connectivity index (χ1) is 7.31. The molecule has 0 fully saturated rings. The second-order valence-electron chi connectivity index (χ2n) is 3.33. The van der Waals surface area contributed by atoms with Crippen molar-refractivity contribution in [3.05, 3.63) is 0 Å². The number of carboxylic acid groups (broad SMARTS) is 1. The van der Waals surface area contributed by atoms with Gasteiger partial charge in [-0.25, -0.2) is 4.79 Å². The molecule has 5 unspecified atom stereocenters. The van der Waals surface area contributed by atoms with Crippen LogP contribution < -0.4 is 5.73 Å². The fourth-order valence-corrected chi connectivity index (χ4v) is 1.03. The van der Waals surface area contributed by atoms with Crippen molar-refractivity contribution in [2.75, 3.05) is 6.61 Å². The molecular weight excluding hydrogens is 222 g/mol. The minimum absolute atomic E-state index is 0.817. The van der Waals surface area contributed by atoms with E-state index in [1.165, 1.54) is 6.92 Å². The molecule has 0 bridgehead atoms. The Labute approximate surface area is 91.9 Å². The van der Waals surface area contributed by atoms with Crippen LogP contribution in [-0.4, -0.2) is 68.8 Å². The smallest absolute Gasteiger partial charge is 0.335 e. The van der Waals surface area contributed by atoms with Gasteiger partial charge in [-0.2, -0.15) is 0 Å². The van der Waals surface area contributed by atoms with Gasteiger partial charge >= 0.3 is 5.97 Å². The number of carboxylic acids is 1. The minimum Gasteiger partial charge on any atom is -0.479 e. The topological polar surface area (TPSA) is 153 Å². The Balaban J connectivity index is 4.60. The van der Waals surface area contributed by atoms with Crippen LogP contribution in [0.1, 0.15) is 6.92 Å². The molecule has 0 amide bonds. The first-order valence-electron chi connectivity index (χ1n) is 4.60. The van der Waals surface area contributed by atoms with E-state index in [-0.39, 0.29) is 0 Å². The van der Waals surface area contributed by atoms with Crippen LogP contribution in [0.15, 0.2) is 0 Å². The summed E-state index contributed by atoms with van der Waals surface area (Å²) in [6.07, 6.45) is -8.14. The highest BCUT2D eigenvalue weighted by Gasteiger charge is 2.36. The van der Waals surface area contributed by atoms with Crippen LogP contribution >= 0.6 is 0 Å². The summed E-state index contributed by atoms with van der Waals surface area (Å²) in [6.45, 7) is 0.528. The lowest BCUT2D eigenvalue weighted by molar-refractivity contribution is -0.178. The Kier molecular flexibility index (Phi) is 6.41. The summed E-state index contributed by atoms with van der Waals surface area (Å²) >= 11 is 0. The SMILES string of the molecule is CC(N)OC(C(=O)O)C(O)C(O)C(O)CO. The van der Waals surface area contributed by atoms with Crippen molar-refractivity contribution in [2.45, 2.75) is 37.6 Å². The maximum Gasteiger partial charge on any atom is 0.335 e. The Hall–Kier alpha value is -0.770. The molecular formula is C8H17NO7. The molecule has 0 aromatic heterocycles. The third-order valence-electron chi connectivity index (χ3n) is 1.85. The molecule has 0 aliphatic heterocycles. The van der Waals surface area contributed by atoms with Crippen molar-refractivity contribution in [2.24, 2.45) is 5.73 Å². The Morgan fingerprint density at radius 3 is 2.12 bits per heavy atom. The van der Waals surface area contributed by atoms with Crippen LogP contribution in [0.5, 0.6) is 0 Å². The van der Waals surface area contributed by atoms with Gasteiger partial charge in [0.2, 0.25) is 0 Å². The molecule has 5 atom stereocenters. The lowest BCUT2D eigenvalue weighted by atomic mass is 10.0. The van der Waals surface area contributed by atoms with Gasteiger partial charge in [0, 0.05) is 0 Å². The summed E-state index contributed by atoms with van der Waals surface area (Å²) in [6, 6.07) is 0. The van der Waals surface area contributed by atoms with Gasteiger partial charge in [0.1, 0.15) is 24.5 Å². The molecule has 0 saturated carbocycles. The molecule has 96 valence electrons. The van der Waals surface area contributed by atoms with E-state index in [9.17, 15) is 15.0 Å². The molecule has 0 saturated heterocycles. The third kappa shape index (κ3) is 4.39. The van der Waals surface area contributed by atoms with E-state index >= 15 is 0 Å². The van der Waals surface area contributed by atoms with Gasteiger partial charge in [-0.3, -0.25) is 0 Å². The van der Waals surface area contributed by atoms with Crippen molar-refractivity contribution in [3.63, 3.8) is 0 Å². The number of hydrogen-bond acceptors (Lipinski definition) is 7. The predicted octanol–water partition coefficient (Wildman–Crippen LogP) is -3.16. The zero-order valence-electron chi connectivity index (χ0n) is 8.72. The monoisotopic (exact) mass is 239 g/mol. The number of ether oxygens (including phenoxy) is 1. The fourth-order valence-electron chi connectivity index (χ4n) is 1.03. The second kappa shape index (κ2) is 6.74. The van der Waals surface area contributed by atoms with Gasteiger partial charge in [0.15, 0.2) is 6.10 Å². The van der Waals surface area contributed by atoms with Gasteiger partial charge < -0.3 is 36.0 Å². The molecule has 0 radical (unpaired) electrons. The molecule has 0 aliphatic rings. The Morgan fingerprint density at radius 2 is 1.81 bits per heavy atom. The van der Waals surface area contributed by atoms with Crippen LogP contribution in [0.2, 0.25) is 0 Å². The summed E-state index contributed by atoms with van der Waals surface area (Å²) in [5.41, 5.74) is 5.19. The normalized spacial score (nSPS) is 20.9. The van der Waals surface area contributed by atoms with Gasteiger partial charge in [-0.1, -0.05) is 0 Å². The predicted molar refractivity (Wildman–Crippen MR) is 51.3 cm³/mol. The first-order valence-corrected chi connectivity index (χ1v) is 4.60. The highest BCUT2D eigenvalue weighted by Crippen LogP contribution is 2.09. The van der Waals surface area contributed by atoms with Crippen molar-refractivity contribution >= 4 is 5.97 Å². The van der Waals surface area contributed by atoms with Crippen LogP contribution in [0.4, 0.5) is 0 Å². The molecule has 0 rings (SSSR count). The lowest BCUT2D eigenvalue weighted by Gasteiger charge is -2.27. The highest BCUT2D eigenvalue weighted by molar-refractivity contribution is 5.73. The van der Waals surface area contributed by atoms with Crippen LogP contribution in [0.25, 0.3) is 0 Å². The van der Waals surface area contributed by atoms with Crippen LogP contribution in [0.3, 0.4) is 0 Å². The first kappa shape index (κ1) is 15.2. The number of hydrogen-bond donors (Lipinski definition) is 6. The largest absolute Gasteiger partial charge is 0.479 e. The van der Waals surface area contributed by atoms with E-state index in [1.54, 1.807) is 0 Å².